The molecule has 2 N–H and O–H groups in total. The van der Waals surface area contributed by atoms with E-state index in [-0.39, 0.29) is 22.2 Å². The fourth-order valence-corrected chi connectivity index (χ4v) is 3.46. The zero-order valence-electron chi connectivity index (χ0n) is 14.3. The summed E-state index contributed by atoms with van der Waals surface area (Å²) in [6.07, 6.45) is 2.62. The van der Waals surface area contributed by atoms with E-state index in [9.17, 15) is 14.9 Å². The van der Waals surface area contributed by atoms with E-state index < -0.39 is 4.92 Å². The van der Waals surface area contributed by atoms with Gasteiger partial charge in [-0.15, -0.1) is 0 Å². The lowest BCUT2D eigenvalue weighted by Gasteiger charge is -2.12. The number of hydrogen-bond donors (Lipinski definition) is 2. The molecule has 0 spiro atoms. The second kappa shape index (κ2) is 8.29. The number of nitrogens with one attached hydrogen (secondary N) is 2. The molecule has 1 fully saturated rings. The highest BCUT2D eigenvalue weighted by molar-refractivity contribution is 6.34. The number of carbonyl (C=O) groups excluding carboxylic acids is 1. The predicted octanol–water partition coefficient (Wildman–Crippen LogP) is 2.36. The van der Waals surface area contributed by atoms with Crippen LogP contribution in [0.15, 0.2) is 42.5 Å². The second-order valence-corrected chi connectivity index (χ2v) is 6.96. The summed E-state index contributed by atoms with van der Waals surface area (Å²) in [6.45, 7) is 3.91. The third-order valence-electron chi connectivity index (χ3n) is 4.65. The van der Waals surface area contributed by atoms with Gasteiger partial charge in [0.05, 0.1) is 28.6 Å². The molecule has 0 unspecified atom stereocenters. The average molecular weight is 375 g/mol. The van der Waals surface area contributed by atoms with Gasteiger partial charge in [-0.25, -0.2) is 0 Å². The molecule has 1 heterocycles. The number of hydrogen-bond acceptors (Lipinski definition) is 3. The molecule has 3 rings (SSSR count). The van der Waals surface area contributed by atoms with Crippen molar-refractivity contribution in [2.75, 3.05) is 13.1 Å². The Morgan fingerprint density at radius 3 is 2.38 bits per heavy atom. The van der Waals surface area contributed by atoms with Gasteiger partial charge in [0, 0.05) is 37.1 Å². The second-order valence-electron chi connectivity index (χ2n) is 6.55. The first-order valence-corrected chi connectivity index (χ1v) is 9.04. The molecule has 0 aromatic heterocycles. The third-order valence-corrected chi connectivity index (χ3v) is 4.96. The van der Waals surface area contributed by atoms with E-state index in [2.05, 4.69) is 17.4 Å². The van der Waals surface area contributed by atoms with Crippen molar-refractivity contribution >= 4 is 23.2 Å². The van der Waals surface area contributed by atoms with Gasteiger partial charge in [-0.05, 0) is 11.6 Å². The zero-order chi connectivity index (χ0) is 18.5. The molecule has 0 atom stereocenters. The summed E-state index contributed by atoms with van der Waals surface area (Å²) in [5, 5.41) is 13.6. The number of likely N-dealkylation sites (tertiary alicyclic amines) is 1. The standard InChI is InChI=1S/C19H20ClN3O3/c20-18-11-16(23(25)26)7-8-17(18)19(24)21-12-14-3-5-15(6-4-14)13-22-9-1-2-10-22/h3-8,11H,1-2,9-10,12-13H2,(H,21,24)/p+1. The normalized spacial score (nSPS) is 14.3. The van der Waals surface area contributed by atoms with Gasteiger partial charge in [0.15, 0.2) is 0 Å². The van der Waals surface area contributed by atoms with Crippen molar-refractivity contribution in [1.29, 1.82) is 0 Å². The van der Waals surface area contributed by atoms with Gasteiger partial charge in [0.25, 0.3) is 11.6 Å². The Balaban J connectivity index is 1.56. The fraction of sp³-hybridized carbons (Fsp3) is 0.316. The number of carbonyl (C=O) groups is 1. The summed E-state index contributed by atoms with van der Waals surface area (Å²) in [5.41, 5.74) is 2.39. The monoisotopic (exact) mass is 374 g/mol. The van der Waals surface area contributed by atoms with E-state index in [1.54, 1.807) is 4.90 Å². The molecule has 2 aromatic rings. The van der Waals surface area contributed by atoms with Crippen molar-refractivity contribution in [3.05, 3.63) is 74.3 Å². The minimum atomic E-state index is -0.543. The first-order valence-electron chi connectivity index (χ1n) is 8.66. The number of nitrogens with zero attached hydrogens (tertiary/aromatic N) is 1. The van der Waals surface area contributed by atoms with E-state index in [1.807, 2.05) is 12.1 Å². The fourth-order valence-electron chi connectivity index (χ4n) is 3.19. The smallest absolute Gasteiger partial charge is 0.270 e. The average Bonchev–Trinajstić information content (AvgIpc) is 3.13. The third kappa shape index (κ3) is 4.59. The lowest BCUT2D eigenvalue weighted by Crippen LogP contribution is -3.08. The van der Waals surface area contributed by atoms with Crippen LogP contribution >= 0.6 is 11.6 Å². The van der Waals surface area contributed by atoms with Crippen LogP contribution in [0, 0.1) is 10.1 Å². The molecule has 2 aromatic carbocycles. The Bertz CT molecular complexity index is 802. The van der Waals surface area contributed by atoms with Gasteiger partial charge < -0.3 is 10.2 Å². The Morgan fingerprint density at radius 1 is 1.12 bits per heavy atom. The minimum Gasteiger partial charge on any atom is -0.348 e. The maximum atomic E-state index is 12.2. The molecule has 1 saturated heterocycles. The summed E-state index contributed by atoms with van der Waals surface area (Å²) in [4.78, 5) is 24.1. The van der Waals surface area contributed by atoms with E-state index in [0.29, 0.717) is 6.54 Å². The summed E-state index contributed by atoms with van der Waals surface area (Å²) in [5.74, 6) is -0.351. The first-order chi connectivity index (χ1) is 12.5. The van der Waals surface area contributed by atoms with Gasteiger partial charge >= 0.3 is 0 Å². The van der Waals surface area contributed by atoms with Crippen LogP contribution in [0.25, 0.3) is 0 Å². The summed E-state index contributed by atoms with van der Waals surface area (Å²) in [6, 6.07) is 12.1. The van der Waals surface area contributed by atoms with Crippen LogP contribution in [0.4, 0.5) is 5.69 Å². The Labute approximate surface area is 156 Å². The topological polar surface area (TPSA) is 76.7 Å². The number of quaternary nitrogens is 1. The van der Waals surface area contributed by atoms with Crippen molar-refractivity contribution in [2.45, 2.75) is 25.9 Å². The van der Waals surface area contributed by atoms with Crippen molar-refractivity contribution in [3.63, 3.8) is 0 Å². The van der Waals surface area contributed by atoms with Crippen molar-refractivity contribution in [3.8, 4) is 0 Å². The highest BCUT2D eigenvalue weighted by atomic mass is 35.5. The predicted molar refractivity (Wildman–Crippen MR) is 99.4 cm³/mol. The maximum Gasteiger partial charge on any atom is 0.270 e. The van der Waals surface area contributed by atoms with Gasteiger partial charge in [0.2, 0.25) is 0 Å². The van der Waals surface area contributed by atoms with Crippen LogP contribution in [-0.4, -0.2) is 23.9 Å². The maximum absolute atomic E-state index is 12.2. The van der Waals surface area contributed by atoms with E-state index in [4.69, 9.17) is 11.6 Å². The number of nitro benzene ring substituents is 1. The van der Waals surface area contributed by atoms with Crippen molar-refractivity contribution < 1.29 is 14.6 Å². The quantitative estimate of drug-likeness (QED) is 0.602. The van der Waals surface area contributed by atoms with Crippen LogP contribution in [0.5, 0.6) is 0 Å². The van der Waals surface area contributed by atoms with Crippen LogP contribution in [0.1, 0.15) is 34.3 Å². The minimum absolute atomic E-state index is 0.0700. The largest absolute Gasteiger partial charge is 0.348 e. The van der Waals surface area contributed by atoms with Crippen LogP contribution < -0.4 is 10.2 Å². The lowest BCUT2D eigenvalue weighted by molar-refractivity contribution is -0.901. The highest BCUT2D eigenvalue weighted by Gasteiger charge is 2.16. The van der Waals surface area contributed by atoms with Gasteiger partial charge in [-0.1, -0.05) is 35.9 Å². The molecule has 0 aliphatic carbocycles. The van der Waals surface area contributed by atoms with Crippen LogP contribution in [0.3, 0.4) is 0 Å². The summed E-state index contributed by atoms with van der Waals surface area (Å²) in [7, 11) is 0. The number of halogens is 1. The van der Waals surface area contributed by atoms with E-state index in [1.165, 1.54) is 49.7 Å². The van der Waals surface area contributed by atoms with E-state index in [0.717, 1.165) is 12.1 Å². The van der Waals surface area contributed by atoms with E-state index >= 15 is 0 Å². The molecule has 0 saturated carbocycles. The molecule has 0 radical (unpaired) electrons. The zero-order valence-corrected chi connectivity index (χ0v) is 15.1. The van der Waals surface area contributed by atoms with Gasteiger partial charge in [-0.2, -0.15) is 0 Å². The number of benzene rings is 2. The molecule has 1 aliphatic rings. The molecule has 7 heteroatoms. The first kappa shape index (κ1) is 18.4. The molecule has 26 heavy (non-hydrogen) atoms. The summed E-state index contributed by atoms with van der Waals surface area (Å²) >= 11 is 5.98. The molecular formula is C19H21ClN3O3+. The molecule has 1 amide bonds. The van der Waals surface area contributed by atoms with Gasteiger partial charge in [0.1, 0.15) is 6.54 Å². The van der Waals surface area contributed by atoms with Gasteiger partial charge in [-0.3, -0.25) is 14.9 Å². The number of rotatable bonds is 6. The van der Waals surface area contributed by atoms with Crippen molar-refractivity contribution in [2.24, 2.45) is 0 Å². The lowest BCUT2D eigenvalue weighted by atomic mass is 10.1. The Morgan fingerprint density at radius 2 is 1.77 bits per heavy atom. The Kier molecular flexibility index (Phi) is 5.85. The molecule has 136 valence electrons. The molecular weight excluding hydrogens is 354 g/mol. The van der Waals surface area contributed by atoms with Crippen LogP contribution in [-0.2, 0) is 13.1 Å². The SMILES string of the molecule is O=C(NCc1ccc(C[NH+]2CCCC2)cc1)c1ccc([N+](=O)[O-])cc1Cl. The molecule has 1 aliphatic heterocycles. The molecule has 6 nitrogen and oxygen atoms in total. The Hall–Kier alpha value is -2.44. The molecule has 0 bridgehead atoms. The van der Waals surface area contributed by atoms with Crippen LogP contribution in [0.2, 0.25) is 5.02 Å². The van der Waals surface area contributed by atoms with Crippen molar-refractivity contribution in [1.82, 2.24) is 5.32 Å². The number of non-ortho nitro benzene ring substituents is 1. The summed E-state index contributed by atoms with van der Waals surface area (Å²) < 4.78 is 0. The number of amides is 1. The number of nitro groups is 1. The highest BCUT2D eigenvalue weighted by Crippen LogP contribution is 2.22.